The highest BCUT2D eigenvalue weighted by Crippen LogP contribution is 2.35. The maximum absolute atomic E-state index is 8.43. The van der Waals surface area contributed by atoms with Crippen LogP contribution in [0.3, 0.4) is 0 Å². The highest BCUT2D eigenvalue weighted by Gasteiger charge is 2.21. The fourth-order valence-corrected chi connectivity index (χ4v) is 2.28. The van der Waals surface area contributed by atoms with Gasteiger partial charge in [0.05, 0.1) is 12.7 Å². The Morgan fingerprint density at radius 3 is 3.12 bits per heavy atom. The summed E-state index contributed by atoms with van der Waals surface area (Å²) in [5.74, 6) is 0.979. The molecule has 0 heterocycles. The molecule has 0 saturated heterocycles. The second-order valence-corrected chi connectivity index (χ2v) is 4.43. The average molecular weight is 230 g/mol. The summed E-state index contributed by atoms with van der Waals surface area (Å²) in [5, 5.41) is 8.43. The quantitative estimate of drug-likeness (QED) is 0.791. The van der Waals surface area contributed by atoms with E-state index in [0.717, 1.165) is 31.4 Å². The van der Waals surface area contributed by atoms with Gasteiger partial charge in [-0.05, 0) is 42.9 Å². The molecule has 1 unspecified atom stereocenters. The van der Waals surface area contributed by atoms with Crippen molar-refractivity contribution in [2.45, 2.75) is 38.1 Å². The summed E-state index contributed by atoms with van der Waals surface area (Å²) in [4.78, 5) is 0. The molecule has 0 aromatic heterocycles. The molecule has 1 aliphatic carbocycles. The standard InChI is InChI=1S/C14H18N2O/c15-9-2-1-3-10-17-14-6-4-5-11-12(14)7-8-13(11)16/h4-6,13H,1-3,7-8,10,16H2. The topological polar surface area (TPSA) is 59.0 Å². The van der Waals surface area contributed by atoms with Gasteiger partial charge in [0.1, 0.15) is 5.75 Å². The van der Waals surface area contributed by atoms with Crippen molar-refractivity contribution in [1.82, 2.24) is 0 Å². The largest absolute Gasteiger partial charge is 0.493 e. The average Bonchev–Trinajstić information content (AvgIpc) is 2.72. The summed E-state index contributed by atoms with van der Waals surface area (Å²) >= 11 is 0. The van der Waals surface area contributed by atoms with Crippen molar-refractivity contribution in [3.8, 4) is 11.8 Å². The molecule has 0 radical (unpaired) electrons. The van der Waals surface area contributed by atoms with E-state index in [1.165, 1.54) is 11.1 Å². The van der Waals surface area contributed by atoms with Crippen LogP contribution in [0.1, 0.15) is 42.9 Å². The zero-order valence-electron chi connectivity index (χ0n) is 9.98. The summed E-state index contributed by atoms with van der Waals surface area (Å²) in [6.45, 7) is 0.688. The van der Waals surface area contributed by atoms with Gasteiger partial charge >= 0.3 is 0 Å². The van der Waals surface area contributed by atoms with Crippen LogP contribution in [0.25, 0.3) is 0 Å². The summed E-state index contributed by atoms with van der Waals surface area (Å²) in [7, 11) is 0. The van der Waals surface area contributed by atoms with Crippen molar-refractivity contribution in [3.05, 3.63) is 29.3 Å². The number of benzene rings is 1. The van der Waals surface area contributed by atoms with Crippen LogP contribution in [0.5, 0.6) is 5.75 Å². The van der Waals surface area contributed by atoms with Crippen molar-refractivity contribution >= 4 is 0 Å². The highest BCUT2D eigenvalue weighted by atomic mass is 16.5. The van der Waals surface area contributed by atoms with E-state index in [4.69, 9.17) is 15.7 Å². The number of fused-ring (bicyclic) bond motifs is 1. The molecule has 1 aliphatic rings. The van der Waals surface area contributed by atoms with E-state index in [9.17, 15) is 0 Å². The summed E-state index contributed by atoms with van der Waals surface area (Å²) in [6, 6.07) is 8.43. The Hall–Kier alpha value is -1.53. The maximum atomic E-state index is 8.43. The zero-order valence-corrected chi connectivity index (χ0v) is 9.98. The van der Waals surface area contributed by atoms with E-state index in [-0.39, 0.29) is 6.04 Å². The van der Waals surface area contributed by atoms with Gasteiger partial charge in [-0.15, -0.1) is 0 Å². The summed E-state index contributed by atoms with van der Waals surface area (Å²) in [6.07, 6.45) is 4.49. The van der Waals surface area contributed by atoms with E-state index in [0.29, 0.717) is 13.0 Å². The molecule has 1 aromatic rings. The Morgan fingerprint density at radius 1 is 1.41 bits per heavy atom. The molecule has 0 saturated carbocycles. The lowest BCUT2D eigenvalue weighted by molar-refractivity contribution is 0.305. The second-order valence-electron chi connectivity index (χ2n) is 4.43. The molecular weight excluding hydrogens is 212 g/mol. The molecule has 90 valence electrons. The third-order valence-corrected chi connectivity index (χ3v) is 3.21. The maximum Gasteiger partial charge on any atom is 0.122 e. The lowest BCUT2D eigenvalue weighted by Crippen LogP contribution is -2.05. The first-order chi connectivity index (χ1) is 8.33. The minimum atomic E-state index is 0.173. The summed E-state index contributed by atoms with van der Waals surface area (Å²) < 4.78 is 5.78. The predicted octanol–water partition coefficient (Wildman–Crippen LogP) is 2.71. The van der Waals surface area contributed by atoms with Gasteiger partial charge in [-0.25, -0.2) is 0 Å². The highest BCUT2D eigenvalue weighted by molar-refractivity contribution is 5.44. The van der Waals surface area contributed by atoms with E-state index < -0.39 is 0 Å². The monoisotopic (exact) mass is 230 g/mol. The van der Waals surface area contributed by atoms with E-state index in [2.05, 4.69) is 12.1 Å². The Bertz CT molecular complexity index is 423. The van der Waals surface area contributed by atoms with Gasteiger partial charge in [0.2, 0.25) is 0 Å². The smallest absolute Gasteiger partial charge is 0.122 e. The molecule has 0 amide bonds. The zero-order chi connectivity index (χ0) is 12.1. The number of nitrogens with two attached hydrogens (primary N) is 1. The predicted molar refractivity (Wildman–Crippen MR) is 66.7 cm³/mol. The molecule has 1 atom stereocenters. The van der Waals surface area contributed by atoms with Crippen molar-refractivity contribution in [2.75, 3.05) is 6.61 Å². The molecular formula is C14H18N2O. The lowest BCUT2D eigenvalue weighted by Gasteiger charge is -2.11. The molecule has 17 heavy (non-hydrogen) atoms. The normalized spacial score (nSPS) is 17.5. The van der Waals surface area contributed by atoms with Gasteiger partial charge in [-0.2, -0.15) is 5.26 Å². The number of nitriles is 1. The van der Waals surface area contributed by atoms with Gasteiger partial charge in [-0.3, -0.25) is 0 Å². The van der Waals surface area contributed by atoms with Crippen molar-refractivity contribution in [1.29, 1.82) is 5.26 Å². The molecule has 3 heteroatoms. The van der Waals surface area contributed by atoms with Crippen molar-refractivity contribution < 1.29 is 4.74 Å². The third kappa shape index (κ3) is 2.78. The Kier molecular flexibility index (Phi) is 4.00. The SMILES string of the molecule is N#CCCCCOc1cccc2c1CCC2N. The first-order valence-electron chi connectivity index (χ1n) is 6.20. The molecule has 0 bridgehead atoms. The van der Waals surface area contributed by atoms with Crippen LogP contribution in [0.2, 0.25) is 0 Å². The van der Waals surface area contributed by atoms with Crippen LogP contribution in [-0.2, 0) is 6.42 Å². The first kappa shape index (κ1) is 11.9. The first-order valence-corrected chi connectivity index (χ1v) is 6.20. The number of ether oxygens (including phenoxy) is 1. The molecule has 2 N–H and O–H groups in total. The van der Waals surface area contributed by atoms with Crippen LogP contribution < -0.4 is 10.5 Å². The van der Waals surface area contributed by atoms with Crippen LogP contribution in [0.15, 0.2) is 18.2 Å². The van der Waals surface area contributed by atoms with E-state index in [1.807, 2.05) is 12.1 Å². The minimum absolute atomic E-state index is 0.173. The Balaban J connectivity index is 1.92. The molecule has 2 rings (SSSR count). The van der Waals surface area contributed by atoms with Crippen molar-refractivity contribution in [3.63, 3.8) is 0 Å². The molecule has 1 aromatic carbocycles. The fourth-order valence-electron chi connectivity index (χ4n) is 2.28. The third-order valence-electron chi connectivity index (χ3n) is 3.21. The minimum Gasteiger partial charge on any atom is -0.493 e. The number of unbranched alkanes of at least 4 members (excludes halogenated alkanes) is 2. The lowest BCUT2D eigenvalue weighted by atomic mass is 10.1. The number of hydrogen-bond donors (Lipinski definition) is 1. The summed E-state index contributed by atoms with van der Waals surface area (Å²) in [5.41, 5.74) is 8.53. The molecule has 3 nitrogen and oxygen atoms in total. The van der Waals surface area contributed by atoms with Gasteiger partial charge in [-0.1, -0.05) is 12.1 Å². The number of nitrogens with zero attached hydrogens (tertiary/aromatic N) is 1. The van der Waals surface area contributed by atoms with E-state index in [1.54, 1.807) is 0 Å². The Morgan fingerprint density at radius 2 is 2.29 bits per heavy atom. The number of rotatable bonds is 5. The second kappa shape index (κ2) is 5.70. The van der Waals surface area contributed by atoms with Gasteiger partial charge < -0.3 is 10.5 Å². The van der Waals surface area contributed by atoms with Gasteiger partial charge in [0.15, 0.2) is 0 Å². The Labute approximate surface area is 102 Å². The number of hydrogen-bond acceptors (Lipinski definition) is 3. The van der Waals surface area contributed by atoms with Gasteiger partial charge in [0, 0.05) is 12.5 Å². The van der Waals surface area contributed by atoms with Gasteiger partial charge in [0.25, 0.3) is 0 Å². The van der Waals surface area contributed by atoms with Crippen LogP contribution >= 0.6 is 0 Å². The molecule has 0 aliphatic heterocycles. The molecule has 0 spiro atoms. The fraction of sp³-hybridized carbons (Fsp3) is 0.500. The van der Waals surface area contributed by atoms with Crippen LogP contribution in [0, 0.1) is 11.3 Å². The molecule has 0 fully saturated rings. The van der Waals surface area contributed by atoms with Crippen molar-refractivity contribution in [2.24, 2.45) is 5.73 Å². The van der Waals surface area contributed by atoms with E-state index >= 15 is 0 Å². The van der Waals surface area contributed by atoms with Crippen LogP contribution in [0.4, 0.5) is 0 Å². The van der Waals surface area contributed by atoms with Crippen LogP contribution in [-0.4, -0.2) is 6.61 Å².